The lowest BCUT2D eigenvalue weighted by Crippen LogP contribution is -2.28. The molecule has 38 heavy (non-hydrogen) atoms. The van der Waals surface area contributed by atoms with Gasteiger partial charge in [0.25, 0.3) is 0 Å². The number of carboxylic acids is 1. The molecule has 12 heteroatoms. The Balaban J connectivity index is 1.55. The highest BCUT2D eigenvalue weighted by atomic mass is 35.5. The Kier molecular flexibility index (Phi) is 6.46. The summed E-state index contributed by atoms with van der Waals surface area (Å²) in [5.41, 5.74) is 2.08. The van der Waals surface area contributed by atoms with Gasteiger partial charge in [-0.2, -0.15) is 9.97 Å². The van der Waals surface area contributed by atoms with Crippen molar-refractivity contribution in [3.63, 3.8) is 0 Å². The molecule has 11 nitrogen and oxygen atoms in total. The van der Waals surface area contributed by atoms with E-state index in [0.29, 0.717) is 51.0 Å². The lowest BCUT2D eigenvalue weighted by atomic mass is 9.83. The Morgan fingerprint density at radius 1 is 1.13 bits per heavy atom. The minimum absolute atomic E-state index is 0.124. The van der Waals surface area contributed by atoms with Crippen LogP contribution < -0.4 is 4.90 Å². The summed E-state index contributed by atoms with van der Waals surface area (Å²) in [6.45, 7) is 5.59. The van der Waals surface area contributed by atoms with Gasteiger partial charge < -0.3 is 19.1 Å². The summed E-state index contributed by atoms with van der Waals surface area (Å²) in [6, 6.07) is 1.61. The first-order chi connectivity index (χ1) is 18.4. The summed E-state index contributed by atoms with van der Waals surface area (Å²) in [7, 11) is 0. The number of fused-ring (bicyclic) bond motifs is 1. The highest BCUT2D eigenvalue weighted by Gasteiger charge is 2.36. The van der Waals surface area contributed by atoms with Gasteiger partial charge in [-0.15, -0.1) is 0 Å². The number of pyridine rings is 1. The minimum atomic E-state index is -1.22. The van der Waals surface area contributed by atoms with E-state index >= 15 is 0 Å². The topological polar surface area (TPSA) is 136 Å². The predicted octanol–water partition coefficient (Wildman–Crippen LogP) is 5.10. The van der Waals surface area contributed by atoms with E-state index < -0.39 is 5.97 Å². The van der Waals surface area contributed by atoms with E-state index in [9.17, 15) is 9.90 Å². The normalized spacial score (nSPS) is 21.9. The third-order valence-electron chi connectivity index (χ3n) is 7.67. The summed E-state index contributed by atoms with van der Waals surface area (Å²) >= 11 is 6.28. The van der Waals surface area contributed by atoms with Gasteiger partial charge in [0.15, 0.2) is 11.5 Å². The van der Waals surface area contributed by atoms with Gasteiger partial charge in [0, 0.05) is 31.0 Å². The summed E-state index contributed by atoms with van der Waals surface area (Å²) in [5.74, 6) is 1.50. The van der Waals surface area contributed by atoms with Gasteiger partial charge in [-0.05, 0) is 50.5 Å². The molecule has 0 radical (unpaired) electrons. The average Bonchev–Trinajstić information content (AvgIpc) is 3.63. The van der Waals surface area contributed by atoms with E-state index in [1.807, 2.05) is 0 Å². The summed E-state index contributed by atoms with van der Waals surface area (Å²) in [6.07, 6.45) is 9.57. The molecular weight excluding hydrogens is 508 g/mol. The number of hydrogen-bond acceptors (Lipinski definition) is 9. The molecule has 2 aliphatic rings. The Labute approximate surface area is 224 Å². The molecule has 6 rings (SSSR count). The maximum Gasteiger partial charge on any atom is 0.374 e. The molecule has 1 N–H and O–H groups in total. The maximum absolute atomic E-state index is 12.0. The van der Waals surface area contributed by atoms with Gasteiger partial charge in [-0.1, -0.05) is 36.5 Å². The van der Waals surface area contributed by atoms with Crippen molar-refractivity contribution in [2.45, 2.75) is 65.0 Å². The molecular formula is C26H29ClN8O3. The van der Waals surface area contributed by atoms with Crippen LogP contribution in [-0.2, 0) is 6.54 Å². The molecule has 1 saturated carbocycles. The molecule has 0 spiro atoms. The van der Waals surface area contributed by atoms with Crippen LogP contribution >= 0.6 is 11.6 Å². The number of aryl methyl sites for hydroxylation is 1. The van der Waals surface area contributed by atoms with Gasteiger partial charge in [0.05, 0.1) is 5.02 Å². The zero-order chi connectivity index (χ0) is 26.4. The van der Waals surface area contributed by atoms with Crippen LogP contribution in [0.4, 0.5) is 5.95 Å². The largest absolute Gasteiger partial charge is 0.475 e. The fraction of sp³-hybridized carbons (Fsp3) is 0.500. The second kappa shape index (κ2) is 9.94. The van der Waals surface area contributed by atoms with Gasteiger partial charge in [-0.25, -0.2) is 14.8 Å². The van der Waals surface area contributed by atoms with Gasteiger partial charge in [0.2, 0.25) is 17.7 Å². The summed E-state index contributed by atoms with van der Waals surface area (Å²) < 4.78 is 7.73. The number of aromatic nitrogens is 7. The number of carbonyl (C=O) groups is 1. The van der Waals surface area contributed by atoms with Crippen LogP contribution in [0.5, 0.6) is 0 Å². The minimum Gasteiger partial charge on any atom is -0.475 e. The number of imidazole rings is 1. The molecule has 1 atom stereocenters. The molecule has 1 aliphatic heterocycles. The van der Waals surface area contributed by atoms with Crippen LogP contribution in [0.25, 0.3) is 22.4 Å². The molecule has 0 aromatic carbocycles. The lowest BCUT2D eigenvalue weighted by molar-refractivity contribution is 0.0684. The van der Waals surface area contributed by atoms with Crippen LogP contribution in [0.2, 0.25) is 5.02 Å². The molecule has 0 amide bonds. The second-order valence-corrected chi connectivity index (χ2v) is 10.9. The summed E-state index contributed by atoms with van der Waals surface area (Å²) in [5, 5.41) is 14.2. The average molecular weight is 537 g/mol. The number of aromatic carboxylic acids is 1. The van der Waals surface area contributed by atoms with Crippen LogP contribution in [-0.4, -0.2) is 52.3 Å². The maximum atomic E-state index is 12.0. The standard InChI is InChI=1S/C26H29ClN8O3/c1-14-5-7-16(8-6-14)13-35-21-20(17-10-18(27)12-28-11-17)30-23(25(36)37)31-22(21)32-26(35)34-9-3-4-19(34)24-29-15(2)33-38-24/h10-12,14,16,19H,3-9,13H2,1-2H3,(H,36,37). The fourth-order valence-electron chi connectivity index (χ4n) is 5.74. The van der Waals surface area contributed by atoms with E-state index in [1.54, 1.807) is 19.2 Å². The smallest absolute Gasteiger partial charge is 0.374 e. The summed E-state index contributed by atoms with van der Waals surface area (Å²) in [4.78, 5) is 36.7. The molecule has 2 fully saturated rings. The van der Waals surface area contributed by atoms with Gasteiger partial charge >= 0.3 is 5.97 Å². The fourth-order valence-corrected chi connectivity index (χ4v) is 5.91. The third kappa shape index (κ3) is 4.59. The van der Waals surface area contributed by atoms with Crippen molar-refractivity contribution in [3.05, 3.63) is 41.0 Å². The Hall–Kier alpha value is -3.60. The van der Waals surface area contributed by atoms with Gasteiger partial charge in [0.1, 0.15) is 17.3 Å². The van der Waals surface area contributed by atoms with E-state index in [-0.39, 0.29) is 11.9 Å². The number of rotatable bonds is 6. The number of anilines is 1. The first-order valence-electron chi connectivity index (χ1n) is 13.1. The molecule has 5 heterocycles. The van der Waals surface area contributed by atoms with Crippen LogP contribution in [0.1, 0.15) is 73.8 Å². The molecule has 1 saturated heterocycles. The molecule has 4 aromatic heterocycles. The highest BCUT2D eigenvalue weighted by Crippen LogP contribution is 2.40. The van der Waals surface area contributed by atoms with E-state index in [2.05, 4.69) is 41.5 Å². The molecule has 0 bridgehead atoms. The van der Waals surface area contributed by atoms with Crippen molar-refractivity contribution in [1.82, 2.24) is 34.6 Å². The Bertz CT molecular complexity index is 1490. The molecule has 1 aliphatic carbocycles. The van der Waals surface area contributed by atoms with Crippen molar-refractivity contribution < 1.29 is 14.4 Å². The first-order valence-corrected chi connectivity index (χ1v) is 13.4. The van der Waals surface area contributed by atoms with E-state index in [1.165, 1.54) is 19.0 Å². The van der Waals surface area contributed by atoms with Crippen molar-refractivity contribution in [2.24, 2.45) is 11.8 Å². The molecule has 4 aromatic rings. The second-order valence-electron chi connectivity index (χ2n) is 10.4. The Morgan fingerprint density at radius 3 is 2.66 bits per heavy atom. The first kappa shape index (κ1) is 24.7. The number of carboxylic acid groups (broad SMARTS) is 1. The van der Waals surface area contributed by atoms with Crippen molar-refractivity contribution in [1.29, 1.82) is 0 Å². The van der Waals surface area contributed by atoms with Crippen molar-refractivity contribution >= 4 is 34.7 Å². The molecule has 198 valence electrons. The zero-order valence-electron chi connectivity index (χ0n) is 21.3. The number of nitrogens with zero attached hydrogens (tertiary/aromatic N) is 8. The van der Waals surface area contributed by atoms with Crippen molar-refractivity contribution in [2.75, 3.05) is 11.4 Å². The SMILES string of the molecule is Cc1noc(C2CCCN2c2nc3nc(C(=O)O)nc(-c4cncc(Cl)c4)c3n2CC2CCC(C)CC2)n1. The van der Waals surface area contributed by atoms with Crippen LogP contribution in [0.15, 0.2) is 23.0 Å². The lowest BCUT2D eigenvalue weighted by Gasteiger charge is -2.29. The predicted molar refractivity (Wildman–Crippen MR) is 140 cm³/mol. The van der Waals surface area contributed by atoms with Crippen LogP contribution in [0, 0.1) is 18.8 Å². The van der Waals surface area contributed by atoms with E-state index in [0.717, 1.165) is 44.7 Å². The quantitative estimate of drug-likeness (QED) is 0.354. The van der Waals surface area contributed by atoms with Crippen LogP contribution in [0.3, 0.4) is 0 Å². The molecule has 1 unspecified atom stereocenters. The monoisotopic (exact) mass is 536 g/mol. The van der Waals surface area contributed by atoms with E-state index in [4.69, 9.17) is 21.1 Å². The number of halogens is 1. The zero-order valence-corrected chi connectivity index (χ0v) is 22.1. The third-order valence-corrected chi connectivity index (χ3v) is 7.87. The highest BCUT2D eigenvalue weighted by molar-refractivity contribution is 6.30. The Morgan fingerprint density at radius 2 is 1.95 bits per heavy atom. The number of hydrogen-bond donors (Lipinski definition) is 1. The van der Waals surface area contributed by atoms with Crippen molar-refractivity contribution in [3.8, 4) is 11.3 Å². The van der Waals surface area contributed by atoms with Gasteiger partial charge in [-0.3, -0.25) is 4.98 Å².